The lowest BCUT2D eigenvalue weighted by atomic mass is 9.99. The van der Waals surface area contributed by atoms with Crippen molar-refractivity contribution in [1.82, 2.24) is 19.9 Å². The van der Waals surface area contributed by atoms with E-state index in [4.69, 9.17) is 45.9 Å². The highest BCUT2D eigenvalue weighted by Gasteiger charge is 2.12. The Morgan fingerprint density at radius 2 is 0.394 bits per heavy atom. The predicted molar refractivity (Wildman–Crippen MR) is 283 cm³/mol. The van der Waals surface area contributed by atoms with E-state index in [0.717, 1.165) is 65.7 Å². The molecule has 0 fully saturated rings. The number of rotatable bonds is 0. The number of hydrogen-bond acceptors (Lipinski definition) is 10. The van der Waals surface area contributed by atoms with Gasteiger partial charge in [0, 0.05) is 34.1 Å². The summed E-state index contributed by atoms with van der Waals surface area (Å²) in [5.41, 5.74) is 7.68. The summed E-state index contributed by atoms with van der Waals surface area (Å²) >= 11 is 0. The van der Waals surface area contributed by atoms with Crippen LogP contribution in [0, 0.1) is 0 Å². The highest BCUT2D eigenvalue weighted by atomic mass is 32.2. The minimum absolute atomic E-state index is 0.604. The monoisotopic (exact) mass is 930 g/mol. The van der Waals surface area contributed by atoms with Crippen LogP contribution in [0.3, 0.4) is 0 Å². The minimum atomic E-state index is -3.92. The molecular formula is C54H66N4O6S2-2. The van der Waals surface area contributed by atoms with Crippen molar-refractivity contribution in [2.24, 2.45) is 0 Å². The van der Waals surface area contributed by atoms with Gasteiger partial charge < -0.3 is 9.11 Å². The summed E-state index contributed by atoms with van der Waals surface area (Å²) in [6.07, 6.45) is 1.21. The van der Waals surface area contributed by atoms with Crippen molar-refractivity contribution in [3.8, 4) is 0 Å². The maximum atomic E-state index is 9.08. The van der Waals surface area contributed by atoms with Gasteiger partial charge in [0.15, 0.2) is 0 Å². The maximum absolute atomic E-state index is 9.08. The van der Waals surface area contributed by atoms with Crippen molar-refractivity contribution in [3.05, 3.63) is 146 Å². The molecule has 0 atom stereocenters. The van der Waals surface area contributed by atoms with Crippen LogP contribution >= 0.6 is 0 Å². The molecule has 0 unspecified atom stereocenters. The Labute approximate surface area is 392 Å². The Morgan fingerprint density at radius 3 is 0.545 bits per heavy atom. The number of benzene rings is 8. The van der Waals surface area contributed by atoms with Crippen LogP contribution in [0.4, 0.5) is 0 Å². The highest BCUT2D eigenvalue weighted by molar-refractivity contribution is 7.85. The fraction of sp³-hybridized carbons (Fsp3) is 0.259. The molecule has 10 aromatic rings. The van der Waals surface area contributed by atoms with Crippen LogP contribution in [-0.4, -0.2) is 58.4 Å². The van der Waals surface area contributed by atoms with Crippen LogP contribution in [0.1, 0.15) is 83.1 Å². The van der Waals surface area contributed by atoms with E-state index in [1.165, 1.54) is 21.5 Å². The number of para-hydroxylation sites is 4. The largest absolute Gasteiger partial charge is 0.748 e. The molecule has 0 saturated carbocycles. The molecule has 10 nitrogen and oxygen atoms in total. The molecule has 352 valence electrons. The topological polar surface area (TPSA) is 166 Å². The van der Waals surface area contributed by atoms with E-state index in [0.29, 0.717) is 12.5 Å². The van der Waals surface area contributed by atoms with Gasteiger partial charge in [0.05, 0.1) is 64.4 Å². The predicted octanol–water partition coefficient (Wildman–Crippen LogP) is 14.7. The molecule has 12 heteroatoms. The average Bonchev–Trinajstić information content (AvgIpc) is 3.36. The Morgan fingerprint density at radius 1 is 0.273 bits per heavy atom. The van der Waals surface area contributed by atoms with Crippen LogP contribution in [0.2, 0.25) is 0 Å². The van der Waals surface area contributed by atoms with Gasteiger partial charge in [0.25, 0.3) is 0 Å². The fourth-order valence-corrected chi connectivity index (χ4v) is 6.45. The zero-order chi connectivity index (χ0) is 50.0. The van der Waals surface area contributed by atoms with Crippen LogP contribution in [0.5, 0.6) is 0 Å². The molecular weight excluding hydrogens is 865 g/mol. The summed E-state index contributed by atoms with van der Waals surface area (Å²) < 4.78 is 54.5. The van der Waals surface area contributed by atoms with E-state index in [1.807, 2.05) is 132 Å². The third-order valence-electron chi connectivity index (χ3n) is 8.45. The van der Waals surface area contributed by atoms with Crippen LogP contribution < -0.4 is 0 Å². The SMILES string of the molecule is CC.CC.CC.CC.CC.CC.CS(=O)(=O)[O-].CS(=O)(=O)[O-].c1ccc2nc3c4ccccc4c4ccccc4c3nc2c1.c1ccc2nc3c4ccccc4c4ccccc4c3nc2c1. The van der Waals surface area contributed by atoms with Crippen molar-refractivity contribution in [1.29, 1.82) is 0 Å². The number of fused-ring (bicyclic) bond motifs is 14. The van der Waals surface area contributed by atoms with Crippen LogP contribution in [-0.2, 0) is 20.2 Å². The zero-order valence-corrected chi connectivity index (χ0v) is 42.5. The molecule has 2 aromatic heterocycles. The van der Waals surface area contributed by atoms with Crippen molar-refractivity contribution in [2.45, 2.75) is 83.1 Å². The first-order valence-corrected chi connectivity index (χ1v) is 26.2. The highest BCUT2D eigenvalue weighted by Crippen LogP contribution is 2.35. The molecule has 0 aliphatic heterocycles. The summed E-state index contributed by atoms with van der Waals surface area (Å²) in [5, 5.41) is 9.57. The summed E-state index contributed by atoms with van der Waals surface area (Å²) in [5.74, 6) is 0. The lowest BCUT2D eigenvalue weighted by Gasteiger charge is -2.09. The second-order valence-corrected chi connectivity index (χ2v) is 15.2. The van der Waals surface area contributed by atoms with Crippen molar-refractivity contribution in [3.63, 3.8) is 0 Å². The summed E-state index contributed by atoms with van der Waals surface area (Å²) in [6, 6.07) is 49.8. The van der Waals surface area contributed by atoms with Crippen LogP contribution in [0.15, 0.2) is 146 Å². The second-order valence-electron chi connectivity index (χ2n) is 12.4. The number of aromatic nitrogens is 4. The summed E-state index contributed by atoms with van der Waals surface area (Å²) in [4.78, 5) is 19.6. The molecule has 0 bridgehead atoms. The van der Waals surface area contributed by atoms with Gasteiger partial charge in [0.1, 0.15) is 0 Å². The molecule has 0 radical (unpaired) electrons. The first kappa shape index (κ1) is 57.8. The first-order valence-electron chi connectivity index (χ1n) is 22.6. The van der Waals surface area contributed by atoms with Crippen LogP contribution in [0.25, 0.3) is 87.2 Å². The molecule has 0 aliphatic carbocycles. The summed E-state index contributed by atoms with van der Waals surface area (Å²) in [6.45, 7) is 24.0. The van der Waals surface area contributed by atoms with E-state index < -0.39 is 20.2 Å². The van der Waals surface area contributed by atoms with Crippen molar-refractivity contribution >= 4 is 107 Å². The first-order chi connectivity index (χ1) is 31.8. The Bertz CT molecular complexity index is 2850. The summed E-state index contributed by atoms with van der Waals surface area (Å²) in [7, 11) is -7.83. The van der Waals surface area contributed by atoms with Gasteiger partial charge in [0.2, 0.25) is 0 Å². The standard InChI is InChI=1S/2C20H12N2.6C2H6.2CH4O3S/c2*1-3-9-15-13(7-1)14-8-2-4-10-16(14)20-19(15)21-17-11-5-6-12-18(17)22-20;6*1-2;2*1-5(2,3)4/h2*1-12H;6*1-2H3;2*1H3,(H,2,3,4)/p-2. The third-order valence-corrected chi connectivity index (χ3v) is 8.45. The molecule has 0 saturated heterocycles. The quantitative estimate of drug-likeness (QED) is 0.0811. The van der Waals surface area contributed by atoms with Gasteiger partial charge in [-0.25, -0.2) is 36.8 Å². The molecule has 0 amide bonds. The zero-order valence-electron chi connectivity index (χ0n) is 40.9. The molecule has 8 aromatic carbocycles. The normalized spacial score (nSPS) is 10.1. The van der Waals surface area contributed by atoms with E-state index in [-0.39, 0.29) is 0 Å². The van der Waals surface area contributed by atoms with Gasteiger partial charge in [-0.1, -0.05) is 204 Å². The van der Waals surface area contributed by atoms with E-state index in [9.17, 15) is 0 Å². The molecule has 2 heterocycles. The Hall–Kier alpha value is -6.18. The van der Waals surface area contributed by atoms with Crippen molar-refractivity contribution in [2.75, 3.05) is 12.5 Å². The molecule has 0 N–H and O–H groups in total. The maximum Gasteiger partial charge on any atom is 0.0979 e. The molecule has 66 heavy (non-hydrogen) atoms. The lowest BCUT2D eigenvalue weighted by molar-refractivity contribution is 0.468. The molecule has 0 aliphatic rings. The van der Waals surface area contributed by atoms with E-state index >= 15 is 0 Å². The number of hydrogen-bond donors (Lipinski definition) is 0. The van der Waals surface area contributed by atoms with Gasteiger partial charge >= 0.3 is 0 Å². The van der Waals surface area contributed by atoms with Gasteiger partial charge in [-0.05, 0) is 45.8 Å². The van der Waals surface area contributed by atoms with E-state index in [2.05, 4.69) is 97.1 Å². The smallest absolute Gasteiger partial charge is 0.0979 e. The second kappa shape index (κ2) is 29.4. The Kier molecular flexibility index (Phi) is 25.7. The lowest BCUT2D eigenvalue weighted by Crippen LogP contribution is -1.90. The van der Waals surface area contributed by atoms with Gasteiger partial charge in [-0.15, -0.1) is 0 Å². The third kappa shape index (κ3) is 16.1. The number of nitrogens with zero attached hydrogens (tertiary/aromatic N) is 4. The van der Waals surface area contributed by atoms with Crippen molar-refractivity contribution < 1.29 is 25.9 Å². The average molecular weight is 931 g/mol. The minimum Gasteiger partial charge on any atom is -0.748 e. The molecule has 0 spiro atoms. The molecule has 10 rings (SSSR count). The Balaban J connectivity index is 0.000000464. The van der Waals surface area contributed by atoms with Gasteiger partial charge in [-0.2, -0.15) is 0 Å². The van der Waals surface area contributed by atoms with E-state index in [1.54, 1.807) is 0 Å². The fourth-order valence-electron chi connectivity index (χ4n) is 6.45. The van der Waals surface area contributed by atoms with Gasteiger partial charge in [-0.3, -0.25) is 0 Å².